The molecule has 2 fully saturated rings. The number of esters is 2. The summed E-state index contributed by atoms with van der Waals surface area (Å²) in [5.41, 5.74) is 0.123. The topological polar surface area (TPSA) is 127 Å². The molecule has 8 heteroatoms. The van der Waals surface area contributed by atoms with Gasteiger partial charge in [-0.25, -0.2) is 19.2 Å². The highest BCUT2D eigenvalue weighted by Crippen LogP contribution is 2.49. The van der Waals surface area contributed by atoms with Gasteiger partial charge in [0.25, 0.3) is 0 Å². The van der Waals surface area contributed by atoms with Crippen molar-refractivity contribution in [1.82, 2.24) is 0 Å². The SMILES string of the molecule is CC(C)(C1CCC(OC(=O)c2ccccc2C(=O)O)CC1)C1CCC(OC(=O)c2ccccc2C(=O)O)CC1. The van der Waals surface area contributed by atoms with Crippen LogP contribution in [0, 0.1) is 17.3 Å². The van der Waals surface area contributed by atoms with Crippen LogP contribution in [0.5, 0.6) is 0 Å². The number of ether oxygens (including phenoxy) is 2. The van der Waals surface area contributed by atoms with E-state index >= 15 is 0 Å². The van der Waals surface area contributed by atoms with Gasteiger partial charge in [0.05, 0.1) is 22.3 Å². The fraction of sp³-hybridized carbons (Fsp3) is 0.484. The Morgan fingerprint density at radius 2 is 0.897 bits per heavy atom. The first-order chi connectivity index (χ1) is 18.6. The Hall–Kier alpha value is -3.68. The molecule has 0 aliphatic heterocycles. The average molecular weight is 537 g/mol. The van der Waals surface area contributed by atoms with E-state index in [2.05, 4.69) is 13.8 Å². The van der Waals surface area contributed by atoms with Crippen LogP contribution < -0.4 is 0 Å². The van der Waals surface area contributed by atoms with E-state index in [1.54, 1.807) is 24.3 Å². The molecule has 0 amide bonds. The van der Waals surface area contributed by atoms with Crippen molar-refractivity contribution in [2.45, 2.75) is 77.4 Å². The van der Waals surface area contributed by atoms with Crippen molar-refractivity contribution in [3.63, 3.8) is 0 Å². The standard InChI is InChI=1S/C31H36O8/c1-31(2,19-11-15-21(16-12-19)38-29(36)25-9-5-3-7-23(25)27(32)33)20-13-17-22(18-14-20)39-30(37)26-10-6-4-8-24(26)28(34)35/h3-10,19-22H,11-18H2,1-2H3,(H,32,33)(H,34,35). The van der Waals surface area contributed by atoms with Gasteiger partial charge >= 0.3 is 23.9 Å². The lowest BCUT2D eigenvalue weighted by Crippen LogP contribution is -2.39. The molecule has 39 heavy (non-hydrogen) atoms. The van der Waals surface area contributed by atoms with E-state index in [1.807, 2.05) is 0 Å². The Balaban J connectivity index is 1.27. The molecule has 2 saturated carbocycles. The summed E-state index contributed by atoms with van der Waals surface area (Å²) < 4.78 is 11.4. The first-order valence-electron chi connectivity index (χ1n) is 13.6. The highest BCUT2D eigenvalue weighted by Gasteiger charge is 2.41. The lowest BCUT2D eigenvalue weighted by Gasteiger charge is -2.46. The maximum Gasteiger partial charge on any atom is 0.339 e. The second kappa shape index (κ2) is 12.0. The van der Waals surface area contributed by atoms with Crippen LogP contribution in [0.3, 0.4) is 0 Å². The number of carbonyl (C=O) groups is 4. The van der Waals surface area contributed by atoms with Crippen molar-refractivity contribution in [3.05, 3.63) is 70.8 Å². The first kappa shape index (κ1) is 28.3. The fourth-order valence-electron chi connectivity index (χ4n) is 6.31. The molecule has 0 bridgehead atoms. The Morgan fingerprint density at radius 3 is 1.21 bits per heavy atom. The number of carboxylic acid groups (broad SMARTS) is 2. The molecular weight excluding hydrogens is 500 g/mol. The van der Waals surface area contributed by atoms with Crippen molar-refractivity contribution in [2.24, 2.45) is 17.3 Å². The molecule has 2 aromatic rings. The Bertz CT molecular complexity index is 1120. The van der Waals surface area contributed by atoms with Crippen molar-refractivity contribution < 1.29 is 38.9 Å². The Morgan fingerprint density at radius 1 is 0.590 bits per heavy atom. The van der Waals surface area contributed by atoms with Crippen molar-refractivity contribution in [2.75, 3.05) is 0 Å². The quantitative estimate of drug-likeness (QED) is 0.380. The third kappa shape index (κ3) is 6.49. The molecule has 208 valence electrons. The number of carboxylic acids is 2. The van der Waals surface area contributed by atoms with Crippen LogP contribution >= 0.6 is 0 Å². The minimum Gasteiger partial charge on any atom is -0.478 e. The highest BCUT2D eigenvalue weighted by atomic mass is 16.5. The van der Waals surface area contributed by atoms with Crippen LogP contribution in [0.1, 0.15) is 107 Å². The van der Waals surface area contributed by atoms with Gasteiger partial charge in [-0.2, -0.15) is 0 Å². The van der Waals surface area contributed by atoms with E-state index in [0.29, 0.717) is 11.8 Å². The predicted molar refractivity (Wildman–Crippen MR) is 143 cm³/mol. The molecule has 0 atom stereocenters. The maximum absolute atomic E-state index is 12.7. The second-order valence-corrected chi connectivity index (χ2v) is 11.3. The maximum atomic E-state index is 12.7. The normalized spacial score (nSPS) is 23.4. The summed E-state index contributed by atoms with van der Waals surface area (Å²) in [5, 5.41) is 18.7. The van der Waals surface area contributed by atoms with E-state index in [1.165, 1.54) is 24.3 Å². The molecule has 0 aromatic heterocycles. The van der Waals surface area contributed by atoms with Crippen LogP contribution in [0.15, 0.2) is 48.5 Å². The van der Waals surface area contributed by atoms with Gasteiger partial charge < -0.3 is 19.7 Å². The molecule has 2 N–H and O–H groups in total. The van der Waals surface area contributed by atoms with Gasteiger partial charge in [0.15, 0.2) is 0 Å². The van der Waals surface area contributed by atoms with Crippen LogP contribution in [-0.2, 0) is 9.47 Å². The molecule has 2 aliphatic carbocycles. The largest absolute Gasteiger partial charge is 0.478 e. The highest BCUT2D eigenvalue weighted by molar-refractivity contribution is 6.03. The van der Waals surface area contributed by atoms with Gasteiger partial charge in [0, 0.05) is 0 Å². The minimum absolute atomic E-state index is 0.0512. The van der Waals surface area contributed by atoms with Gasteiger partial charge in [-0.1, -0.05) is 38.1 Å². The molecule has 0 unspecified atom stereocenters. The lowest BCUT2D eigenvalue weighted by molar-refractivity contribution is -0.0200. The van der Waals surface area contributed by atoms with E-state index in [0.717, 1.165) is 51.4 Å². The van der Waals surface area contributed by atoms with Crippen LogP contribution in [0.4, 0.5) is 0 Å². The molecule has 4 rings (SSSR count). The van der Waals surface area contributed by atoms with E-state index in [4.69, 9.17) is 9.47 Å². The summed E-state index contributed by atoms with van der Waals surface area (Å²) in [5.74, 6) is -2.55. The summed E-state index contributed by atoms with van der Waals surface area (Å²) in [7, 11) is 0. The lowest BCUT2D eigenvalue weighted by atomic mass is 9.60. The monoisotopic (exact) mass is 536 g/mol. The first-order valence-corrected chi connectivity index (χ1v) is 13.6. The summed E-state index contributed by atoms with van der Waals surface area (Å²) in [6.07, 6.45) is 6.20. The molecule has 8 nitrogen and oxygen atoms in total. The second-order valence-electron chi connectivity index (χ2n) is 11.3. The average Bonchev–Trinajstić information content (AvgIpc) is 2.93. The zero-order valence-corrected chi connectivity index (χ0v) is 22.4. The fourth-order valence-corrected chi connectivity index (χ4v) is 6.31. The number of carbonyl (C=O) groups excluding carboxylic acids is 2. The molecule has 0 saturated heterocycles. The van der Waals surface area contributed by atoms with Crippen LogP contribution in [0.25, 0.3) is 0 Å². The Labute approximate surface area is 228 Å². The van der Waals surface area contributed by atoms with E-state index in [9.17, 15) is 29.4 Å². The van der Waals surface area contributed by atoms with Gasteiger partial charge in [0.2, 0.25) is 0 Å². The number of rotatable bonds is 8. The van der Waals surface area contributed by atoms with Gasteiger partial charge in [-0.3, -0.25) is 0 Å². The summed E-state index contributed by atoms with van der Waals surface area (Å²) in [4.78, 5) is 48.2. The van der Waals surface area contributed by atoms with Gasteiger partial charge in [-0.05, 0) is 92.9 Å². The summed E-state index contributed by atoms with van der Waals surface area (Å²) >= 11 is 0. The van der Waals surface area contributed by atoms with Gasteiger partial charge in [-0.15, -0.1) is 0 Å². The minimum atomic E-state index is -1.15. The van der Waals surface area contributed by atoms with E-state index < -0.39 is 23.9 Å². The molecular formula is C31H36O8. The molecule has 0 radical (unpaired) electrons. The smallest absolute Gasteiger partial charge is 0.339 e. The zero-order chi connectivity index (χ0) is 28.2. The predicted octanol–water partition coefficient (Wildman–Crippen LogP) is 6.24. The van der Waals surface area contributed by atoms with Crippen LogP contribution in [-0.4, -0.2) is 46.3 Å². The third-order valence-electron chi connectivity index (χ3n) is 8.75. The number of benzene rings is 2. The molecule has 0 spiro atoms. The van der Waals surface area contributed by atoms with Gasteiger partial charge in [0.1, 0.15) is 12.2 Å². The molecule has 2 aromatic carbocycles. The summed E-state index contributed by atoms with van der Waals surface area (Å²) in [6.45, 7) is 4.60. The van der Waals surface area contributed by atoms with Crippen molar-refractivity contribution in [1.29, 1.82) is 0 Å². The zero-order valence-electron chi connectivity index (χ0n) is 22.4. The summed E-state index contributed by atoms with van der Waals surface area (Å²) in [6, 6.07) is 12.2. The number of hydrogen-bond acceptors (Lipinski definition) is 6. The molecule has 2 aliphatic rings. The number of aromatic carboxylic acids is 2. The van der Waals surface area contributed by atoms with Crippen molar-refractivity contribution in [3.8, 4) is 0 Å². The van der Waals surface area contributed by atoms with Crippen molar-refractivity contribution >= 4 is 23.9 Å². The molecule has 0 heterocycles. The van der Waals surface area contributed by atoms with E-state index in [-0.39, 0.29) is 39.9 Å². The van der Waals surface area contributed by atoms with Crippen LogP contribution in [0.2, 0.25) is 0 Å². The number of hydrogen-bond donors (Lipinski definition) is 2. The Kier molecular flexibility index (Phi) is 8.73. The third-order valence-corrected chi connectivity index (χ3v) is 8.75.